The summed E-state index contributed by atoms with van der Waals surface area (Å²) < 4.78 is 7.35. The molecule has 0 atom stereocenters. The standard InChI is InChI=1S/C19H17BrN2O5S/c1-27-7-6-22-18(26)13-9-12(20)3-4-14(13)21-19(22)28-10-17(25)11-2-5-15(23)16(24)8-11/h2-5,8-9,23-24H,6-7,10H2,1H3. The third kappa shape index (κ3) is 4.37. The molecule has 0 saturated heterocycles. The van der Waals surface area contributed by atoms with Crippen molar-refractivity contribution in [1.82, 2.24) is 9.55 Å². The number of nitrogens with zero attached hydrogens (tertiary/aromatic N) is 2. The van der Waals surface area contributed by atoms with E-state index in [0.717, 1.165) is 16.2 Å². The minimum atomic E-state index is -0.359. The number of benzene rings is 2. The van der Waals surface area contributed by atoms with E-state index < -0.39 is 0 Å². The van der Waals surface area contributed by atoms with Crippen molar-refractivity contribution >= 4 is 44.4 Å². The average Bonchev–Trinajstić information content (AvgIpc) is 2.68. The maximum atomic E-state index is 12.9. The molecule has 146 valence electrons. The van der Waals surface area contributed by atoms with Gasteiger partial charge in [-0.3, -0.25) is 14.2 Å². The fourth-order valence-corrected chi connectivity index (χ4v) is 3.85. The van der Waals surface area contributed by atoms with Crippen LogP contribution in [0.1, 0.15) is 10.4 Å². The summed E-state index contributed by atoms with van der Waals surface area (Å²) in [5.74, 6) is -0.892. The molecule has 3 aromatic rings. The van der Waals surface area contributed by atoms with Gasteiger partial charge in [-0.1, -0.05) is 27.7 Å². The van der Waals surface area contributed by atoms with E-state index in [1.807, 2.05) is 0 Å². The van der Waals surface area contributed by atoms with E-state index in [0.29, 0.717) is 29.2 Å². The number of phenolic OH excluding ortho intramolecular Hbond substituents is 2. The number of carbonyl (C=O) groups excluding carboxylic acids is 1. The highest BCUT2D eigenvalue weighted by atomic mass is 79.9. The molecular formula is C19H17BrN2O5S. The molecule has 0 aliphatic carbocycles. The molecule has 0 aliphatic rings. The molecule has 28 heavy (non-hydrogen) atoms. The molecule has 9 heteroatoms. The highest BCUT2D eigenvalue weighted by Crippen LogP contribution is 2.26. The maximum absolute atomic E-state index is 12.9. The van der Waals surface area contributed by atoms with Gasteiger partial charge < -0.3 is 14.9 Å². The Balaban J connectivity index is 1.92. The van der Waals surface area contributed by atoms with Gasteiger partial charge in [-0.2, -0.15) is 0 Å². The third-order valence-corrected chi connectivity index (χ3v) is 5.50. The van der Waals surface area contributed by atoms with Crippen LogP contribution in [0.2, 0.25) is 0 Å². The van der Waals surface area contributed by atoms with Crippen molar-refractivity contribution in [2.75, 3.05) is 19.5 Å². The first-order valence-corrected chi connectivity index (χ1v) is 10.1. The lowest BCUT2D eigenvalue weighted by Crippen LogP contribution is -2.25. The minimum Gasteiger partial charge on any atom is -0.504 e. The Morgan fingerprint density at radius 1 is 1.21 bits per heavy atom. The maximum Gasteiger partial charge on any atom is 0.262 e. The molecule has 2 N–H and O–H groups in total. The lowest BCUT2D eigenvalue weighted by molar-refractivity contribution is 0.102. The first-order valence-electron chi connectivity index (χ1n) is 8.27. The van der Waals surface area contributed by atoms with Crippen LogP contribution in [0.15, 0.2) is 50.8 Å². The van der Waals surface area contributed by atoms with Gasteiger partial charge in [0.15, 0.2) is 22.4 Å². The van der Waals surface area contributed by atoms with Crippen LogP contribution in [-0.2, 0) is 11.3 Å². The van der Waals surface area contributed by atoms with Crippen LogP contribution < -0.4 is 5.56 Å². The van der Waals surface area contributed by atoms with E-state index in [-0.39, 0.29) is 34.2 Å². The Morgan fingerprint density at radius 2 is 2.00 bits per heavy atom. The summed E-state index contributed by atoms with van der Waals surface area (Å²) in [5, 5.41) is 19.8. The second kappa shape index (κ2) is 8.76. The number of fused-ring (bicyclic) bond motifs is 1. The van der Waals surface area contributed by atoms with Crippen molar-refractivity contribution in [1.29, 1.82) is 0 Å². The number of aromatic hydroxyl groups is 2. The zero-order chi connectivity index (χ0) is 20.3. The second-order valence-corrected chi connectivity index (χ2v) is 7.78. The van der Waals surface area contributed by atoms with E-state index in [1.165, 1.54) is 22.8 Å². The lowest BCUT2D eigenvalue weighted by Gasteiger charge is -2.13. The Morgan fingerprint density at radius 3 is 2.71 bits per heavy atom. The molecule has 1 aromatic heterocycles. The summed E-state index contributed by atoms with van der Waals surface area (Å²) in [7, 11) is 1.55. The Kier molecular flexibility index (Phi) is 6.38. The van der Waals surface area contributed by atoms with Crippen LogP contribution in [-0.4, -0.2) is 45.0 Å². The van der Waals surface area contributed by atoms with E-state index in [1.54, 1.807) is 25.3 Å². The largest absolute Gasteiger partial charge is 0.504 e. The first-order chi connectivity index (χ1) is 13.4. The van der Waals surface area contributed by atoms with E-state index in [2.05, 4.69) is 20.9 Å². The molecule has 0 bridgehead atoms. The van der Waals surface area contributed by atoms with E-state index in [9.17, 15) is 19.8 Å². The number of hydrogen-bond donors (Lipinski definition) is 2. The zero-order valence-corrected chi connectivity index (χ0v) is 17.3. The minimum absolute atomic E-state index is 0.0195. The second-order valence-electron chi connectivity index (χ2n) is 5.92. The fraction of sp³-hybridized carbons (Fsp3) is 0.211. The molecule has 2 aromatic carbocycles. The molecule has 0 amide bonds. The van der Waals surface area contributed by atoms with Crippen molar-refractivity contribution in [2.24, 2.45) is 0 Å². The molecule has 7 nitrogen and oxygen atoms in total. The number of hydrogen-bond acceptors (Lipinski definition) is 7. The van der Waals surface area contributed by atoms with Crippen LogP contribution in [0.25, 0.3) is 10.9 Å². The van der Waals surface area contributed by atoms with Crippen molar-refractivity contribution in [2.45, 2.75) is 11.7 Å². The van der Waals surface area contributed by atoms with Crippen LogP contribution in [0.5, 0.6) is 11.5 Å². The third-order valence-electron chi connectivity index (χ3n) is 4.03. The van der Waals surface area contributed by atoms with Crippen LogP contribution in [0.4, 0.5) is 0 Å². The van der Waals surface area contributed by atoms with Crippen LogP contribution in [0.3, 0.4) is 0 Å². The van der Waals surface area contributed by atoms with Gasteiger partial charge in [0.1, 0.15) is 0 Å². The highest BCUT2D eigenvalue weighted by molar-refractivity contribution is 9.10. The van der Waals surface area contributed by atoms with Gasteiger partial charge in [0.25, 0.3) is 5.56 Å². The molecule has 3 rings (SSSR count). The topological polar surface area (TPSA) is 102 Å². The zero-order valence-electron chi connectivity index (χ0n) is 14.9. The number of Topliss-reactive ketones (excluding diaryl/α,β-unsaturated/α-hetero) is 1. The Hall–Kier alpha value is -2.36. The monoisotopic (exact) mass is 464 g/mol. The van der Waals surface area contributed by atoms with E-state index >= 15 is 0 Å². The van der Waals surface area contributed by atoms with Crippen molar-refractivity contribution < 1.29 is 19.7 Å². The van der Waals surface area contributed by atoms with Gasteiger partial charge in [-0.25, -0.2) is 4.98 Å². The van der Waals surface area contributed by atoms with Gasteiger partial charge >= 0.3 is 0 Å². The van der Waals surface area contributed by atoms with Crippen molar-refractivity contribution in [3.63, 3.8) is 0 Å². The predicted molar refractivity (Wildman–Crippen MR) is 110 cm³/mol. The normalized spacial score (nSPS) is 11.1. The summed E-state index contributed by atoms with van der Waals surface area (Å²) in [6.45, 7) is 0.635. The fourth-order valence-electron chi connectivity index (χ4n) is 2.57. The molecule has 0 fully saturated rings. The van der Waals surface area contributed by atoms with Crippen molar-refractivity contribution in [3.8, 4) is 11.5 Å². The quantitative estimate of drug-likeness (QED) is 0.239. The van der Waals surface area contributed by atoms with Gasteiger partial charge in [-0.15, -0.1) is 0 Å². The summed E-state index contributed by atoms with van der Waals surface area (Å²) in [4.78, 5) is 29.9. The highest BCUT2D eigenvalue weighted by Gasteiger charge is 2.15. The number of ether oxygens (including phenoxy) is 1. The summed E-state index contributed by atoms with van der Waals surface area (Å²) in [6.07, 6.45) is 0. The number of thioether (sulfide) groups is 1. The molecule has 0 radical (unpaired) electrons. The number of carbonyl (C=O) groups is 1. The molecule has 0 saturated carbocycles. The number of halogens is 1. The number of methoxy groups -OCH3 is 1. The lowest BCUT2D eigenvalue weighted by atomic mass is 10.1. The molecule has 0 aliphatic heterocycles. The predicted octanol–water partition coefficient (Wildman–Crippen LogP) is 3.19. The summed E-state index contributed by atoms with van der Waals surface area (Å²) in [5.41, 5.74) is 0.595. The summed E-state index contributed by atoms with van der Waals surface area (Å²) >= 11 is 4.49. The molecule has 0 unspecified atom stereocenters. The Bertz CT molecular complexity index is 1100. The van der Waals surface area contributed by atoms with Gasteiger partial charge in [0, 0.05) is 17.1 Å². The average molecular weight is 465 g/mol. The first kappa shape index (κ1) is 20.4. The van der Waals surface area contributed by atoms with Crippen LogP contribution in [0, 0.1) is 0 Å². The van der Waals surface area contributed by atoms with Gasteiger partial charge in [0.2, 0.25) is 0 Å². The van der Waals surface area contributed by atoms with E-state index in [4.69, 9.17) is 4.74 Å². The summed E-state index contributed by atoms with van der Waals surface area (Å²) in [6, 6.07) is 9.15. The number of ketones is 1. The number of phenols is 2. The van der Waals surface area contributed by atoms with Gasteiger partial charge in [-0.05, 0) is 36.4 Å². The SMILES string of the molecule is COCCn1c(SCC(=O)c2ccc(O)c(O)c2)nc2ccc(Br)cc2c1=O. The van der Waals surface area contributed by atoms with Gasteiger partial charge in [0.05, 0.1) is 29.8 Å². The molecule has 0 spiro atoms. The van der Waals surface area contributed by atoms with Crippen LogP contribution >= 0.6 is 27.7 Å². The molecule has 1 heterocycles. The molecular weight excluding hydrogens is 448 g/mol. The smallest absolute Gasteiger partial charge is 0.262 e. The van der Waals surface area contributed by atoms with Crippen molar-refractivity contribution in [3.05, 3.63) is 56.8 Å². The Labute approximate surface area is 173 Å². The number of rotatable bonds is 7. The number of aromatic nitrogens is 2.